The van der Waals surface area contributed by atoms with Gasteiger partial charge in [0.2, 0.25) is 5.75 Å². The summed E-state index contributed by atoms with van der Waals surface area (Å²) in [5.41, 5.74) is 4.71. The van der Waals surface area contributed by atoms with Gasteiger partial charge in [-0.25, -0.2) is 5.43 Å². The van der Waals surface area contributed by atoms with Gasteiger partial charge in [0.1, 0.15) is 0 Å². The molecule has 0 aliphatic heterocycles. The largest absolute Gasteiger partial charge is 0.493 e. The second-order valence-electron chi connectivity index (χ2n) is 7.48. The van der Waals surface area contributed by atoms with Gasteiger partial charge in [-0.2, -0.15) is 5.10 Å². The van der Waals surface area contributed by atoms with E-state index in [0.29, 0.717) is 28.5 Å². The molecule has 0 fully saturated rings. The zero-order valence-electron chi connectivity index (χ0n) is 20.2. The van der Waals surface area contributed by atoms with Gasteiger partial charge in [0, 0.05) is 11.3 Å². The Labute approximate surface area is 208 Å². The molecule has 186 valence electrons. The van der Waals surface area contributed by atoms with Crippen molar-refractivity contribution in [3.63, 3.8) is 0 Å². The molecule has 0 aromatic heterocycles. The number of hydrogen-bond donors (Lipinski definition) is 3. The van der Waals surface area contributed by atoms with Crippen molar-refractivity contribution in [2.75, 3.05) is 32.0 Å². The van der Waals surface area contributed by atoms with Crippen LogP contribution in [0.2, 0.25) is 0 Å². The van der Waals surface area contributed by atoms with Gasteiger partial charge in [-0.3, -0.25) is 14.4 Å². The van der Waals surface area contributed by atoms with E-state index in [9.17, 15) is 14.4 Å². The van der Waals surface area contributed by atoms with Gasteiger partial charge >= 0.3 is 11.8 Å². The molecular formula is C26H26N4O6. The van der Waals surface area contributed by atoms with E-state index in [4.69, 9.17) is 14.2 Å². The Kier molecular flexibility index (Phi) is 8.60. The fourth-order valence-corrected chi connectivity index (χ4v) is 3.20. The number of aryl methyl sites for hydroxylation is 1. The van der Waals surface area contributed by atoms with Crippen molar-refractivity contribution < 1.29 is 28.6 Å². The van der Waals surface area contributed by atoms with Crippen molar-refractivity contribution in [2.24, 2.45) is 5.10 Å². The van der Waals surface area contributed by atoms with Crippen LogP contribution in [0.3, 0.4) is 0 Å². The van der Waals surface area contributed by atoms with Crippen LogP contribution < -0.4 is 30.3 Å². The molecule has 0 heterocycles. The number of hydrazone groups is 1. The number of methoxy groups -OCH3 is 3. The lowest BCUT2D eigenvalue weighted by Crippen LogP contribution is -2.33. The number of carbonyl (C=O) groups excluding carboxylic acids is 3. The molecule has 0 spiro atoms. The number of hydrogen-bond acceptors (Lipinski definition) is 7. The number of nitrogens with zero attached hydrogens (tertiary/aromatic N) is 1. The first kappa shape index (κ1) is 25.8. The summed E-state index contributed by atoms with van der Waals surface area (Å²) in [6.45, 7) is 1.94. The molecule has 0 aliphatic carbocycles. The molecule has 0 radical (unpaired) electrons. The molecular weight excluding hydrogens is 464 g/mol. The summed E-state index contributed by atoms with van der Waals surface area (Å²) in [6, 6.07) is 16.9. The Bertz CT molecular complexity index is 1260. The number of benzene rings is 3. The van der Waals surface area contributed by atoms with Gasteiger partial charge < -0.3 is 24.8 Å². The highest BCUT2D eigenvalue weighted by molar-refractivity contribution is 6.40. The van der Waals surface area contributed by atoms with E-state index in [1.165, 1.54) is 33.6 Å². The van der Waals surface area contributed by atoms with Crippen LogP contribution in [-0.4, -0.2) is 45.3 Å². The van der Waals surface area contributed by atoms with Crippen molar-refractivity contribution in [2.45, 2.75) is 6.92 Å². The average Bonchev–Trinajstić information content (AvgIpc) is 2.89. The third-order valence-corrected chi connectivity index (χ3v) is 5.00. The van der Waals surface area contributed by atoms with Gasteiger partial charge in [-0.15, -0.1) is 0 Å². The van der Waals surface area contributed by atoms with Crippen LogP contribution in [-0.2, 0) is 9.59 Å². The molecule has 0 unspecified atom stereocenters. The maximum absolute atomic E-state index is 12.7. The van der Waals surface area contributed by atoms with Crippen molar-refractivity contribution in [3.05, 3.63) is 77.4 Å². The van der Waals surface area contributed by atoms with Crippen LogP contribution >= 0.6 is 0 Å². The number of nitrogens with one attached hydrogen (secondary N) is 3. The highest BCUT2D eigenvalue weighted by Crippen LogP contribution is 2.37. The summed E-state index contributed by atoms with van der Waals surface area (Å²) in [4.78, 5) is 37.4. The maximum Gasteiger partial charge on any atom is 0.329 e. The van der Waals surface area contributed by atoms with E-state index < -0.39 is 17.7 Å². The zero-order chi connectivity index (χ0) is 26.1. The molecule has 0 aliphatic rings. The van der Waals surface area contributed by atoms with E-state index in [-0.39, 0.29) is 11.3 Å². The molecule has 3 amide bonds. The molecule has 3 N–H and O–H groups in total. The topological polar surface area (TPSA) is 127 Å². The Morgan fingerprint density at radius 1 is 0.806 bits per heavy atom. The first-order valence-electron chi connectivity index (χ1n) is 10.8. The molecule has 10 nitrogen and oxygen atoms in total. The van der Waals surface area contributed by atoms with Crippen molar-refractivity contribution in [1.82, 2.24) is 5.43 Å². The Balaban J connectivity index is 1.66. The molecule has 0 saturated carbocycles. The third kappa shape index (κ3) is 6.38. The number of ether oxygens (including phenoxy) is 3. The summed E-state index contributed by atoms with van der Waals surface area (Å²) >= 11 is 0. The van der Waals surface area contributed by atoms with Crippen molar-refractivity contribution in [3.8, 4) is 17.2 Å². The first-order valence-corrected chi connectivity index (χ1v) is 10.8. The number of para-hydroxylation sites is 1. The molecule has 36 heavy (non-hydrogen) atoms. The lowest BCUT2D eigenvalue weighted by atomic mass is 10.1. The Morgan fingerprint density at radius 3 is 2.06 bits per heavy atom. The van der Waals surface area contributed by atoms with Gasteiger partial charge in [0.25, 0.3) is 5.91 Å². The molecule has 0 atom stereocenters. The standard InChI is InChI=1S/C26H26N4O6/c1-16-9-11-18(12-10-16)28-24(31)19-7-5-6-8-20(19)29-25(32)26(33)30-27-15-17-13-21(34-2)23(36-4)22(14-17)35-3/h5-15H,1-4H3,(H,28,31)(H,29,32)(H,30,33)/b27-15-. The van der Waals surface area contributed by atoms with Crippen LogP contribution in [0.5, 0.6) is 17.2 Å². The lowest BCUT2D eigenvalue weighted by Gasteiger charge is -2.12. The minimum Gasteiger partial charge on any atom is -0.493 e. The minimum absolute atomic E-state index is 0.177. The summed E-state index contributed by atoms with van der Waals surface area (Å²) in [6.07, 6.45) is 1.32. The maximum atomic E-state index is 12.7. The van der Waals surface area contributed by atoms with Gasteiger partial charge in [-0.1, -0.05) is 29.8 Å². The second-order valence-corrected chi connectivity index (χ2v) is 7.48. The normalized spacial score (nSPS) is 10.4. The van der Waals surface area contributed by atoms with Gasteiger partial charge in [0.15, 0.2) is 11.5 Å². The van der Waals surface area contributed by atoms with E-state index in [1.54, 1.807) is 42.5 Å². The highest BCUT2D eigenvalue weighted by Gasteiger charge is 2.18. The summed E-state index contributed by atoms with van der Waals surface area (Å²) in [5.74, 6) is -1.23. The van der Waals surface area contributed by atoms with E-state index in [0.717, 1.165) is 5.56 Å². The molecule has 3 aromatic rings. The SMILES string of the molecule is COc1cc(/C=N\NC(=O)C(=O)Nc2ccccc2C(=O)Nc2ccc(C)cc2)cc(OC)c1OC. The van der Waals surface area contributed by atoms with E-state index in [2.05, 4.69) is 21.2 Å². The Morgan fingerprint density at radius 2 is 1.44 bits per heavy atom. The lowest BCUT2D eigenvalue weighted by molar-refractivity contribution is -0.136. The highest BCUT2D eigenvalue weighted by atomic mass is 16.5. The predicted molar refractivity (Wildman–Crippen MR) is 136 cm³/mol. The number of anilines is 2. The van der Waals surface area contributed by atoms with Crippen molar-refractivity contribution in [1.29, 1.82) is 0 Å². The quantitative estimate of drug-likeness (QED) is 0.252. The third-order valence-electron chi connectivity index (χ3n) is 5.00. The average molecular weight is 491 g/mol. The van der Waals surface area contributed by atoms with Crippen LogP contribution in [0.25, 0.3) is 0 Å². The summed E-state index contributed by atoms with van der Waals surface area (Å²) < 4.78 is 15.8. The van der Waals surface area contributed by atoms with Gasteiger partial charge in [0.05, 0.1) is 38.8 Å². The fourth-order valence-electron chi connectivity index (χ4n) is 3.20. The van der Waals surface area contributed by atoms with Crippen LogP contribution in [0.4, 0.5) is 11.4 Å². The minimum atomic E-state index is -1.02. The van der Waals surface area contributed by atoms with Crippen molar-refractivity contribution >= 4 is 35.3 Å². The van der Waals surface area contributed by atoms with E-state index in [1.807, 2.05) is 19.1 Å². The molecule has 3 aromatic carbocycles. The van der Waals surface area contributed by atoms with Gasteiger partial charge in [-0.05, 0) is 43.3 Å². The van der Waals surface area contributed by atoms with Crippen LogP contribution in [0.1, 0.15) is 21.5 Å². The monoisotopic (exact) mass is 490 g/mol. The number of rotatable bonds is 8. The molecule has 10 heteroatoms. The molecule has 0 bridgehead atoms. The van der Waals surface area contributed by atoms with E-state index >= 15 is 0 Å². The van der Waals surface area contributed by atoms with Crippen LogP contribution in [0.15, 0.2) is 65.8 Å². The first-order chi connectivity index (χ1) is 17.4. The number of carbonyl (C=O) groups is 3. The molecule has 0 saturated heterocycles. The second kappa shape index (κ2) is 12.0. The number of amides is 3. The smallest absolute Gasteiger partial charge is 0.329 e. The Hall–Kier alpha value is -4.86. The van der Waals surface area contributed by atoms with Crippen LogP contribution in [0, 0.1) is 6.92 Å². The fraction of sp³-hybridized carbons (Fsp3) is 0.154. The summed E-state index contributed by atoms with van der Waals surface area (Å²) in [5, 5.41) is 9.02. The predicted octanol–water partition coefficient (Wildman–Crippen LogP) is 3.36. The zero-order valence-corrected chi connectivity index (χ0v) is 20.2. The summed E-state index contributed by atoms with van der Waals surface area (Å²) in [7, 11) is 4.43. The molecule has 3 rings (SSSR count).